The first-order valence-electron chi connectivity index (χ1n) is 7.87. The minimum absolute atomic E-state index is 0.494. The van der Waals surface area contributed by atoms with Crippen LogP contribution in [0, 0.1) is 22.7 Å². The number of rotatable bonds is 5. The van der Waals surface area contributed by atoms with Crippen LogP contribution in [0.25, 0.3) is 21.9 Å². The number of fused-ring (bicyclic) bond motifs is 1. The zero-order valence-corrected chi connectivity index (χ0v) is 14.6. The minimum Gasteiger partial charge on any atom is -0.374 e. The molecule has 122 valence electrons. The van der Waals surface area contributed by atoms with Crippen molar-refractivity contribution in [1.29, 1.82) is 10.5 Å². The van der Waals surface area contributed by atoms with E-state index in [-0.39, 0.29) is 0 Å². The van der Waals surface area contributed by atoms with Gasteiger partial charge in [0.2, 0.25) is 0 Å². The molecule has 0 aliphatic rings. The molecule has 0 spiro atoms. The van der Waals surface area contributed by atoms with E-state index >= 15 is 0 Å². The van der Waals surface area contributed by atoms with Crippen molar-refractivity contribution in [1.82, 2.24) is 4.98 Å². The first kappa shape index (κ1) is 16.7. The number of nitriles is 2. The van der Waals surface area contributed by atoms with Gasteiger partial charge in [0.15, 0.2) is 0 Å². The average Bonchev–Trinajstić information content (AvgIpc) is 3.08. The van der Waals surface area contributed by atoms with Gasteiger partial charge < -0.3 is 4.90 Å². The Bertz CT molecular complexity index is 954. The van der Waals surface area contributed by atoms with Gasteiger partial charge in [-0.2, -0.15) is 10.5 Å². The number of anilines is 1. The Hall–Kier alpha value is -3.15. The third kappa shape index (κ3) is 3.85. The lowest BCUT2D eigenvalue weighted by atomic mass is 10.1. The third-order valence-corrected chi connectivity index (χ3v) is 4.92. The Morgan fingerprint density at radius 2 is 1.92 bits per heavy atom. The molecule has 0 atom stereocenters. The third-order valence-electron chi connectivity index (χ3n) is 3.85. The molecule has 1 heterocycles. The lowest BCUT2D eigenvalue weighted by molar-refractivity contribution is 0.905. The van der Waals surface area contributed by atoms with Crippen LogP contribution in [0.15, 0.2) is 48.5 Å². The summed E-state index contributed by atoms with van der Waals surface area (Å²) < 4.78 is 1.08. The second-order valence-corrected chi connectivity index (χ2v) is 6.61. The molecule has 0 unspecified atom stereocenters. The van der Waals surface area contributed by atoms with E-state index in [1.807, 2.05) is 66.6 Å². The van der Waals surface area contributed by atoms with E-state index in [1.165, 1.54) is 11.3 Å². The molecule has 0 aliphatic heterocycles. The zero-order chi connectivity index (χ0) is 17.6. The Kier molecular flexibility index (Phi) is 5.09. The molecule has 0 fully saturated rings. The number of aromatic nitrogens is 1. The van der Waals surface area contributed by atoms with Crippen molar-refractivity contribution in [2.24, 2.45) is 0 Å². The van der Waals surface area contributed by atoms with Crippen LogP contribution in [0.4, 0.5) is 5.69 Å². The summed E-state index contributed by atoms with van der Waals surface area (Å²) in [4.78, 5) is 6.59. The van der Waals surface area contributed by atoms with Crippen molar-refractivity contribution >= 4 is 38.9 Å². The number of hydrogen-bond acceptors (Lipinski definition) is 5. The van der Waals surface area contributed by atoms with Gasteiger partial charge in [-0.25, -0.2) is 4.98 Å². The van der Waals surface area contributed by atoms with Crippen molar-refractivity contribution in [3.63, 3.8) is 0 Å². The van der Waals surface area contributed by atoms with Crippen molar-refractivity contribution in [2.45, 2.75) is 6.42 Å². The van der Waals surface area contributed by atoms with Gasteiger partial charge in [0.25, 0.3) is 0 Å². The summed E-state index contributed by atoms with van der Waals surface area (Å²) in [6, 6.07) is 20.2. The molecule has 2 aromatic carbocycles. The van der Waals surface area contributed by atoms with Gasteiger partial charge in [-0.15, -0.1) is 11.3 Å². The van der Waals surface area contributed by atoms with Gasteiger partial charge in [0.1, 0.15) is 11.1 Å². The number of hydrogen-bond donors (Lipinski definition) is 0. The van der Waals surface area contributed by atoms with E-state index in [1.54, 1.807) is 0 Å². The smallest absolute Gasteiger partial charge is 0.135 e. The SMILES string of the molecule is CN(CCC#N)c1ccc(/C=C(\C#N)c2nc3ccccc3s2)cc1. The highest BCUT2D eigenvalue weighted by molar-refractivity contribution is 7.19. The molecule has 25 heavy (non-hydrogen) atoms. The van der Waals surface area contributed by atoms with Crippen molar-refractivity contribution in [3.8, 4) is 12.1 Å². The van der Waals surface area contributed by atoms with Crippen LogP contribution in [0.1, 0.15) is 17.0 Å². The fraction of sp³-hybridized carbons (Fsp3) is 0.150. The van der Waals surface area contributed by atoms with Crippen LogP contribution in [-0.2, 0) is 0 Å². The summed E-state index contributed by atoms with van der Waals surface area (Å²) in [6.07, 6.45) is 2.35. The van der Waals surface area contributed by atoms with E-state index in [2.05, 4.69) is 17.1 Å². The van der Waals surface area contributed by atoms with Crippen LogP contribution >= 0.6 is 11.3 Å². The van der Waals surface area contributed by atoms with Crippen molar-refractivity contribution < 1.29 is 0 Å². The van der Waals surface area contributed by atoms with E-state index in [0.717, 1.165) is 26.5 Å². The van der Waals surface area contributed by atoms with Gasteiger partial charge in [0.05, 0.1) is 28.3 Å². The molecule has 0 radical (unpaired) electrons. The number of thiazole rings is 1. The highest BCUT2D eigenvalue weighted by atomic mass is 32.1. The van der Waals surface area contributed by atoms with Crippen molar-refractivity contribution in [2.75, 3.05) is 18.5 Å². The number of nitrogens with zero attached hydrogens (tertiary/aromatic N) is 4. The fourth-order valence-corrected chi connectivity index (χ4v) is 3.40. The maximum absolute atomic E-state index is 9.52. The van der Waals surface area contributed by atoms with Gasteiger partial charge >= 0.3 is 0 Å². The molecule has 4 nitrogen and oxygen atoms in total. The van der Waals surface area contributed by atoms with Crippen LogP contribution in [-0.4, -0.2) is 18.6 Å². The summed E-state index contributed by atoms with van der Waals surface area (Å²) in [5, 5.41) is 18.9. The molecule has 1 aromatic heterocycles. The molecule has 0 saturated heterocycles. The van der Waals surface area contributed by atoms with Crippen LogP contribution in [0.3, 0.4) is 0 Å². The number of benzene rings is 2. The largest absolute Gasteiger partial charge is 0.374 e. The van der Waals surface area contributed by atoms with Crippen molar-refractivity contribution in [3.05, 3.63) is 59.1 Å². The number of allylic oxidation sites excluding steroid dienone is 1. The predicted octanol–water partition coefficient (Wildman–Crippen LogP) is 4.71. The molecule has 5 heteroatoms. The van der Waals surface area contributed by atoms with Gasteiger partial charge in [0, 0.05) is 19.3 Å². The highest BCUT2D eigenvalue weighted by Crippen LogP contribution is 2.28. The minimum atomic E-state index is 0.494. The Labute approximate surface area is 150 Å². The van der Waals surface area contributed by atoms with Gasteiger partial charge in [-0.05, 0) is 35.9 Å². The topological polar surface area (TPSA) is 63.7 Å². The molecule has 0 bridgehead atoms. The Morgan fingerprint density at radius 3 is 2.60 bits per heavy atom. The monoisotopic (exact) mass is 344 g/mol. The van der Waals surface area contributed by atoms with Crippen LogP contribution in [0.5, 0.6) is 0 Å². The zero-order valence-electron chi connectivity index (χ0n) is 13.8. The first-order chi connectivity index (χ1) is 12.2. The van der Waals surface area contributed by atoms with E-state index < -0.39 is 0 Å². The summed E-state index contributed by atoms with van der Waals surface area (Å²) in [6.45, 7) is 0.695. The average molecular weight is 344 g/mol. The summed E-state index contributed by atoms with van der Waals surface area (Å²) in [5.41, 5.74) is 3.48. The van der Waals surface area contributed by atoms with Crippen LogP contribution < -0.4 is 4.90 Å². The maximum Gasteiger partial charge on any atom is 0.135 e. The Balaban J connectivity index is 1.85. The van der Waals surface area contributed by atoms with E-state index in [9.17, 15) is 5.26 Å². The molecular formula is C20H16N4S. The lowest BCUT2D eigenvalue weighted by Gasteiger charge is -2.17. The summed E-state index contributed by atoms with van der Waals surface area (Å²) in [7, 11) is 1.96. The summed E-state index contributed by atoms with van der Waals surface area (Å²) in [5.74, 6) is 0. The molecule has 0 saturated carbocycles. The molecule has 3 aromatic rings. The van der Waals surface area contributed by atoms with Gasteiger partial charge in [-0.3, -0.25) is 0 Å². The second-order valence-electron chi connectivity index (χ2n) is 5.58. The molecule has 0 N–H and O–H groups in total. The van der Waals surface area contributed by atoms with Gasteiger partial charge in [-0.1, -0.05) is 24.3 Å². The molecule has 3 rings (SSSR count). The quantitative estimate of drug-likeness (QED) is 0.629. The highest BCUT2D eigenvalue weighted by Gasteiger charge is 2.08. The van der Waals surface area contributed by atoms with Crippen LogP contribution in [0.2, 0.25) is 0 Å². The standard InChI is InChI=1S/C20H16N4S/c1-24(12-4-11-21)17-9-7-15(8-10-17)13-16(14-22)20-23-18-5-2-3-6-19(18)25-20/h2-3,5-10,13H,4,12H2,1H3/b16-13+. The maximum atomic E-state index is 9.52. The summed E-state index contributed by atoms with van der Waals surface area (Å²) >= 11 is 1.53. The fourth-order valence-electron chi connectivity index (χ4n) is 2.47. The predicted molar refractivity (Wildman–Crippen MR) is 103 cm³/mol. The first-order valence-corrected chi connectivity index (χ1v) is 8.69. The molecular weight excluding hydrogens is 328 g/mol. The number of para-hydroxylation sites is 1. The lowest BCUT2D eigenvalue weighted by Crippen LogP contribution is -2.17. The van der Waals surface area contributed by atoms with E-state index in [4.69, 9.17) is 5.26 Å². The molecule has 0 aliphatic carbocycles. The van der Waals surface area contributed by atoms with E-state index in [0.29, 0.717) is 18.5 Å². The molecule has 0 amide bonds. The Morgan fingerprint density at radius 1 is 1.16 bits per heavy atom. The second kappa shape index (κ2) is 7.61. The normalized spacial score (nSPS) is 11.1.